The van der Waals surface area contributed by atoms with Crippen molar-refractivity contribution in [2.24, 2.45) is 7.05 Å². The molecule has 2 heterocycles. The maximum absolute atomic E-state index is 12.5. The number of carbonyl (C=O) groups excluding carboxylic acids is 1. The van der Waals surface area contributed by atoms with Gasteiger partial charge in [0.25, 0.3) is 5.91 Å². The minimum absolute atomic E-state index is 0.104. The van der Waals surface area contributed by atoms with E-state index >= 15 is 0 Å². The number of pyridine rings is 1. The Morgan fingerprint density at radius 1 is 1.09 bits per heavy atom. The molecule has 0 saturated heterocycles. The topological polar surface area (TPSA) is 46.9 Å². The highest BCUT2D eigenvalue weighted by molar-refractivity contribution is 5.94. The summed E-state index contributed by atoms with van der Waals surface area (Å²) in [4.78, 5) is 16.8. The first-order valence-electron chi connectivity index (χ1n) is 7.59. The molecule has 0 fully saturated rings. The van der Waals surface area contributed by atoms with Crippen LogP contribution < -0.4 is 5.32 Å². The summed E-state index contributed by atoms with van der Waals surface area (Å²) in [5.41, 5.74) is 3.61. The third-order valence-electron chi connectivity index (χ3n) is 3.82. The molecule has 4 heteroatoms. The van der Waals surface area contributed by atoms with Gasteiger partial charge in [-0.05, 0) is 30.7 Å². The summed E-state index contributed by atoms with van der Waals surface area (Å²) in [6.45, 7) is 1.93. The molecule has 0 aliphatic carbocycles. The summed E-state index contributed by atoms with van der Waals surface area (Å²) >= 11 is 0. The highest BCUT2D eigenvalue weighted by Crippen LogP contribution is 2.21. The van der Waals surface area contributed by atoms with Gasteiger partial charge in [-0.15, -0.1) is 0 Å². The molecular weight excluding hydrogens is 286 g/mol. The molecule has 1 amide bonds. The fourth-order valence-corrected chi connectivity index (χ4v) is 2.56. The quantitative estimate of drug-likeness (QED) is 0.801. The van der Waals surface area contributed by atoms with Crippen LogP contribution in [0.4, 0.5) is 0 Å². The van der Waals surface area contributed by atoms with Crippen molar-refractivity contribution in [3.8, 4) is 11.1 Å². The van der Waals surface area contributed by atoms with Crippen molar-refractivity contribution in [2.75, 3.05) is 0 Å². The van der Waals surface area contributed by atoms with Gasteiger partial charge < -0.3 is 9.88 Å². The molecule has 0 bridgehead atoms. The van der Waals surface area contributed by atoms with Gasteiger partial charge in [-0.25, -0.2) is 0 Å². The van der Waals surface area contributed by atoms with E-state index in [2.05, 4.69) is 10.3 Å². The maximum atomic E-state index is 12.5. The van der Waals surface area contributed by atoms with Crippen molar-refractivity contribution in [2.45, 2.75) is 13.0 Å². The summed E-state index contributed by atoms with van der Waals surface area (Å²) in [7, 11) is 1.88. The molecule has 116 valence electrons. The van der Waals surface area contributed by atoms with Gasteiger partial charge in [-0.1, -0.05) is 36.4 Å². The van der Waals surface area contributed by atoms with E-state index in [1.165, 1.54) is 0 Å². The van der Waals surface area contributed by atoms with E-state index in [1.807, 2.05) is 79.3 Å². The van der Waals surface area contributed by atoms with Crippen LogP contribution in [0.1, 0.15) is 29.1 Å². The molecule has 0 aliphatic rings. The molecule has 0 unspecified atom stereocenters. The number of carbonyl (C=O) groups is 1. The standard InChI is InChI=1S/C19H19N3O/c1-14(17-10-6-7-11-20-17)21-19(23)18-12-16(13-22(18)2)15-8-4-3-5-9-15/h3-14H,1-2H3,(H,21,23)/t14-/m0/s1. The summed E-state index contributed by atoms with van der Waals surface area (Å²) in [6.07, 6.45) is 3.70. The Morgan fingerprint density at radius 2 is 1.83 bits per heavy atom. The Morgan fingerprint density at radius 3 is 2.52 bits per heavy atom. The Kier molecular flexibility index (Phi) is 4.24. The third kappa shape index (κ3) is 3.31. The predicted octanol–water partition coefficient (Wildman–Crippen LogP) is 3.58. The molecule has 0 radical (unpaired) electrons. The number of aryl methyl sites for hydroxylation is 1. The van der Waals surface area contributed by atoms with Crippen LogP contribution in [0.15, 0.2) is 67.0 Å². The molecule has 0 aliphatic heterocycles. The van der Waals surface area contributed by atoms with E-state index < -0.39 is 0 Å². The molecule has 0 spiro atoms. The first-order valence-corrected chi connectivity index (χ1v) is 7.59. The van der Waals surface area contributed by atoms with Crippen molar-refractivity contribution in [1.82, 2.24) is 14.9 Å². The first-order chi connectivity index (χ1) is 11.1. The minimum Gasteiger partial charge on any atom is -0.346 e. The van der Waals surface area contributed by atoms with Gasteiger partial charge in [-0.2, -0.15) is 0 Å². The van der Waals surface area contributed by atoms with E-state index in [4.69, 9.17) is 0 Å². The van der Waals surface area contributed by atoms with Gasteiger partial charge in [0.2, 0.25) is 0 Å². The Balaban J connectivity index is 1.79. The van der Waals surface area contributed by atoms with Crippen molar-refractivity contribution in [1.29, 1.82) is 0 Å². The van der Waals surface area contributed by atoms with E-state index in [9.17, 15) is 4.79 Å². The van der Waals surface area contributed by atoms with Gasteiger partial charge in [0, 0.05) is 25.0 Å². The number of nitrogens with zero attached hydrogens (tertiary/aromatic N) is 2. The van der Waals surface area contributed by atoms with Crippen LogP contribution in [0, 0.1) is 0 Å². The Labute approximate surface area is 135 Å². The van der Waals surface area contributed by atoms with Crippen LogP contribution in [0.2, 0.25) is 0 Å². The smallest absolute Gasteiger partial charge is 0.268 e. The SMILES string of the molecule is C[C@H](NC(=O)c1cc(-c2ccccc2)cn1C)c1ccccn1. The normalized spacial score (nSPS) is 11.9. The van der Waals surface area contributed by atoms with Crippen LogP contribution in [0.5, 0.6) is 0 Å². The summed E-state index contributed by atoms with van der Waals surface area (Å²) < 4.78 is 1.85. The lowest BCUT2D eigenvalue weighted by Crippen LogP contribution is -2.28. The van der Waals surface area contributed by atoms with E-state index in [-0.39, 0.29) is 11.9 Å². The molecule has 23 heavy (non-hydrogen) atoms. The van der Waals surface area contributed by atoms with Crippen LogP contribution >= 0.6 is 0 Å². The average molecular weight is 305 g/mol. The van der Waals surface area contributed by atoms with E-state index in [0.29, 0.717) is 5.69 Å². The molecule has 2 aromatic heterocycles. The Bertz CT molecular complexity index is 794. The number of hydrogen-bond acceptors (Lipinski definition) is 2. The first kappa shape index (κ1) is 15.0. The second-order valence-electron chi connectivity index (χ2n) is 5.54. The van der Waals surface area contributed by atoms with Crippen LogP contribution in [-0.2, 0) is 7.05 Å². The summed E-state index contributed by atoms with van der Waals surface area (Å²) in [6, 6.07) is 17.5. The third-order valence-corrected chi connectivity index (χ3v) is 3.82. The minimum atomic E-state index is -0.140. The lowest BCUT2D eigenvalue weighted by Gasteiger charge is -2.13. The lowest BCUT2D eigenvalue weighted by molar-refractivity contribution is 0.0931. The second kappa shape index (κ2) is 6.48. The molecule has 3 aromatic rings. The summed E-state index contributed by atoms with van der Waals surface area (Å²) in [5.74, 6) is -0.104. The molecular formula is C19H19N3O. The number of hydrogen-bond donors (Lipinski definition) is 1. The van der Waals surface area contributed by atoms with E-state index in [0.717, 1.165) is 16.8 Å². The molecule has 1 N–H and O–H groups in total. The number of rotatable bonds is 4. The number of nitrogens with one attached hydrogen (secondary N) is 1. The number of amides is 1. The molecule has 1 atom stereocenters. The molecule has 1 aromatic carbocycles. The maximum Gasteiger partial charge on any atom is 0.268 e. The van der Waals surface area contributed by atoms with Crippen LogP contribution in [0.3, 0.4) is 0 Å². The number of benzene rings is 1. The van der Waals surface area contributed by atoms with Crippen LogP contribution in [-0.4, -0.2) is 15.5 Å². The van der Waals surface area contributed by atoms with Gasteiger partial charge in [0.15, 0.2) is 0 Å². The van der Waals surface area contributed by atoms with Gasteiger partial charge in [0.1, 0.15) is 5.69 Å². The monoisotopic (exact) mass is 305 g/mol. The largest absolute Gasteiger partial charge is 0.346 e. The molecule has 0 saturated carbocycles. The predicted molar refractivity (Wildman–Crippen MR) is 91.0 cm³/mol. The fraction of sp³-hybridized carbons (Fsp3) is 0.158. The zero-order valence-electron chi connectivity index (χ0n) is 13.2. The van der Waals surface area contributed by atoms with Crippen molar-refractivity contribution in [3.63, 3.8) is 0 Å². The lowest BCUT2D eigenvalue weighted by atomic mass is 10.1. The highest BCUT2D eigenvalue weighted by atomic mass is 16.2. The number of aromatic nitrogens is 2. The van der Waals surface area contributed by atoms with Gasteiger partial charge >= 0.3 is 0 Å². The van der Waals surface area contributed by atoms with E-state index in [1.54, 1.807) is 6.20 Å². The van der Waals surface area contributed by atoms with Crippen molar-refractivity contribution >= 4 is 5.91 Å². The summed E-state index contributed by atoms with van der Waals surface area (Å²) in [5, 5.41) is 3.00. The van der Waals surface area contributed by atoms with Crippen molar-refractivity contribution in [3.05, 3.63) is 78.4 Å². The Hall–Kier alpha value is -2.88. The highest BCUT2D eigenvalue weighted by Gasteiger charge is 2.16. The van der Waals surface area contributed by atoms with Crippen molar-refractivity contribution < 1.29 is 4.79 Å². The zero-order valence-corrected chi connectivity index (χ0v) is 13.2. The molecule has 4 nitrogen and oxygen atoms in total. The van der Waals surface area contributed by atoms with Gasteiger partial charge in [0.05, 0.1) is 11.7 Å². The average Bonchev–Trinajstić information content (AvgIpc) is 2.98. The van der Waals surface area contributed by atoms with Crippen LogP contribution in [0.25, 0.3) is 11.1 Å². The second-order valence-corrected chi connectivity index (χ2v) is 5.54. The fourth-order valence-electron chi connectivity index (χ4n) is 2.56. The zero-order chi connectivity index (χ0) is 16.2. The molecule has 3 rings (SSSR count). The van der Waals surface area contributed by atoms with Gasteiger partial charge in [-0.3, -0.25) is 9.78 Å².